The Hall–Kier alpha value is -2.94. The van der Waals surface area contributed by atoms with Gasteiger partial charge in [-0.2, -0.15) is 0 Å². The number of rotatable bonds is 4. The zero-order valence-corrected chi connectivity index (χ0v) is 12.3. The molecule has 1 aromatic carbocycles. The van der Waals surface area contributed by atoms with Crippen LogP contribution < -0.4 is 0 Å². The van der Waals surface area contributed by atoms with Crippen molar-refractivity contribution in [3.05, 3.63) is 84.3 Å². The smallest absolute Gasteiger partial charge is 0.187 e. The minimum Gasteiger partial charge on any atom is -0.350 e. The van der Waals surface area contributed by atoms with Gasteiger partial charge in [-0.25, -0.2) is 0 Å². The molecule has 0 amide bonds. The first kappa shape index (κ1) is 14.0. The van der Waals surface area contributed by atoms with Crippen LogP contribution in [-0.4, -0.2) is 15.3 Å². The van der Waals surface area contributed by atoms with E-state index in [1.807, 2.05) is 66.4 Å². The fourth-order valence-electron chi connectivity index (χ4n) is 2.41. The molecule has 0 bridgehead atoms. The Kier molecular flexibility index (Phi) is 3.97. The van der Waals surface area contributed by atoms with Crippen LogP contribution in [0.2, 0.25) is 0 Å². The number of carbonyl (C=O) groups is 1. The van der Waals surface area contributed by atoms with Gasteiger partial charge in [0.2, 0.25) is 0 Å². The first-order valence-electron chi connectivity index (χ1n) is 7.09. The van der Waals surface area contributed by atoms with Gasteiger partial charge in [0.1, 0.15) is 0 Å². The van der Waals surface area contributed by atoms with Crippen molar-refractivity contribution in [3.8, 4) is 0 Å². The highest BCUT2D eigenvalue weighted by Gasteiger charge is 2.10. The largest absolute Gasteiger partial charge is 0.350 e. The monoisotopic (exact) mass is 288 g/mol. The molecule has 0 saturated heterocycles. The average molecular weight is 288 g/mol. The number of fused-ring (bicyclic) bond motifs is 1. The zero-order chi connectivity index (χ0) is 15.4. The van der Waals surface area contributed by atoms with Gasteiger partial charge in [-0.05, 0) is 29.8 Å². The van der Waals surface area contributed by atoms with Crippen molar-refractivity contribution in [2.24, 2.45) is 7.05 Å². The van der Waals surface area contributed by atoms with Crippen molar-refractivity contribution in [1.29, 1.82) is 0 Å². The molecule has 0 saturated carbocycles. The fraction of sp³-hybridized carbons (Fsp3) is 0.0526. The van der Waals surface area contributed by atoms with Crippen molar-refractivity contribution in [1.82, 2.24) is 9.55 Å². The maximum atomic E-state index is 12.3. The summed E-state index contributed by atoms with van der Waals surface area (Å²) in [5.74, 6) is 0.0104. The summed E-state index contributed by atoms with van der Waals surface area (Å²) < 4.78 is 1.98. The third-order valence-electron chi connectivity index (χ3n) is 3.52. The van der Waals surface area contributed by atoms with E-state index in [-0.39, 0.29) is 5.78 Å². The Morgan fingerprint density at radius 1 is 1.09 bits per heavy atom. The van der Waals surface area contributed by atoms with Gasteiger partial charge in [0.05, 0.1) is 0 Å². The maximum absolute atomic E-state index is 12.3. The zero-order valence-electron chi connectivity index (χ0n) is 12.3. The molecule has 2 aromatic heterocycles. The molecule has 3 heteroatoms. The van der Waals surface area contributed by atoms with Gasteiger partial charge in [0, 0.05) is 42.1 Å². The van der Waals surface area contributed by atoms with E-state index in [1.54, 1.807) is 24.5 Å². The van der Waals surface area contributed by atoms with Gasteiger partial charge in [-0.15, -0.1) is 0 Å². The summed E-state index contributed by atoms with van der Waals surface area (Å²) in [6.07, 6.45) is 12.5. The lowest BCUT2D eigenvalue weighted by Crippen LogP contribution is -1.92. The lowest BCUT2D eigenvalue weighted by Gasteiger charge is -1.93. The standard InChI is InChI=1S/C19H16N2O/c1-21-14-17(16-7-3-4-8-18(16)21)19(22)9-5-2-6-15-10-12-20-13-11-15/h2-14H,1H3/b6-2+,9-5+. The highest BCUT2D eigenvalue weighted by Crippen LogP contribution is 2.20. The predicted octanol–water partition coefficient (Wildman–Crippen LogP) is 4.03. The van der Waals surface area contributed by atoms with Gasteiger partial charge >= 0.3 is 0 Å². The molecule has 0 atom stereocenters. The van der Waals surface area contributed by atoms with Crippen molar-refractivity contribution >= 4 is 22.8 Å². The van der Waals surface area contributed by atoms with E-state index < -0.39 is 0 Å². The number of para-hydroxylation sites is 1. The number of aromatic nitrogens is 2. The maximum Gasteiger partial charge on any atom is 0.187 e. The number of pyridine rings is 1. The molecule has 0 N–H and O–H groups in total. The summed E-state index contributed by atoms with van der Waals surface area (Å²) >= 11 is 0. The summed E-state index contributed by atoms with van der Waals surface area (Å²) in [5.41, 5.74) is 2.84. The second-order valence-corrected chi connectivity index (χ2v) is 5.03. The number of hydrogen-bond donors (Lipinski definition) is 0. The molecule has 2 heterocycles. The van der Waals surface area contributed by atoms with Gasteiger partial charge in [0.15, 0.2) is 5.78 Å². The van der Waals surface area contributed by atoms with Gasteiger partial charge in [-0.1, -0.05) is 36.4 Å². The second kappa shape index (κ2) is 6.22. The second-order valence-electron chi connectivity index (χ2n) is 5.03. The van der Waals surface area contributed by atoms with Gasteiger partial charge in [-0.3, -0.25) is 9.78 Å². The van der Waals surface area contributed by atoms with Gasteiger partial charge < -0.3 is 4.57 Å². The first-order valence-corrected chi connectivity index (χ1v) is 7.09. The number of carbonyl (C=O) groups excluding carboxylic acids is 1. The predicted molar refractivity (Wildman–Crippen MR) is 89.7 cm³/mol. The van der Waals surface area contributed by atoms with E-state index in [9.17, 15) is 4.79 Å². The van der Waals surface area contributed by atoms with E-state index >= 15 is 0 Å². The first-order chi connectivity index (χ1) is 10.8. The molecule has 0 fully saturated rings. The van der Waals surface area contributed by atoms with Crippen LogP contribution in [0.4, 0.5) is 0 Å². The van der Waals surface area contributed by atoms with Crippen LogP contribution in [0.1, 0.15) is 15.9 Å². The van der Waals surface area contributed by atoms with Crippen molar-refractivity contribution < 1.29 is 4.79 Å². The fourth-order valence-corrected chi connectivity index (χ4v) is 2.41. The molecular formula is C19H16N2O. The van der Waals surface area contributed by atoms with Gasteiger partial charge in [0.25, 0.3) is 0 Å². The normalized spacial score (nSPS) is 11.7. The number of aryl methyl sites for hydroxylation is 1. The van der Waals surface area contributed by atoms with Crippen LogP contribution in [0.3, 0.4) is 0 Å². The van der Waals surface area contributed by atoms with Crippen LogP contribution in [0.25, 0.3) is 17.0 Å². The van der Waals surface area contributed by atoms with E-state index in [0.717, 1.165) is 22.0 Å². The minimum atomic E-state index is 0.0104. The molecule has 3 rings (SSSR count). The van der Waals surface area contributed by atoms with E-state index in [1.165, 1.54) is 0 Å². The summed E-state index contributed by atoms with van der Waals surface area (Å²) in [4.78, 5) is 16.3. The molecule has 0 unspecified atom stereocenters. The topological polar surface area (TPSA) is 34.9 Å². The SMILES string of the molecule is Cn1cc(C(=O)/C=C/C=C/c2ccncc2)c2ccccc21. The Morgan fingerprint density at radius 2 is 1.86 bits per heavy atom. The van der Waals surface area contributed by atoms with Crippen LogP contribution >= 0.6 is 0 Å². The Labute approximate surface area is 129 Å². The highest BCUT2D eigenvalue weighted by molar-refractivity contribution is 6.13. The molecule has 3 nitrogen and oxygen atoms in total. The van der Waals surface area contributed by atoms with Crippen molar-refractivity contribution in [2.45, 2.75) is 0 Å². The van der Waals surface area contributed by atoms with Crippen molar-refractivity contribution in [3.63, 3.8) is 0 Å². The van der Waals surface area contributed by atoms with Crippen LogP contribution in [0, 0.1) is 0 Å². The molecule has 3 aromatic rings. The Morgan fingerprint density at radius 3 is 2.68 bits per heavy atom. The summed E-state index contributed by atoms with van der Waals surface area (Å²) in [7, 11) is 1.95. The molecule has 108 valence electrons. The molecule has 0 aliphatic heterocycles. The van der Waals surface area contributed by atoms with Crippen molar-refractivity contribution in [2.75, 3.05) is 0 Å². The summed E-state index contributed by atoms with van der Waals surface area (Å²) in [5, 5.41) is 0.984. The quantitative estimate of drug-likeness (QED) is 0.413. The number of benzene rings is 1. The summed E-state index contributed by atoms with van der Waals surface area (Å²) in [6.45, 7) is 0. The number of hydrogen-bond acceptors (Lipinski definition) is 2. The van der Waals surface area contributed by atoms with E-state index in [0.29, 0.717) is 0 Å². The number of ketones is 1. The van der Waals surface area contributed by atoms with E-state index in [2.05, 4.69) is 4.98 Å². The third kappa shape index (κ3) is 2.88. The average Bonchev–Trinajstić information content (AvgIpc) is 2.90. The third-order valence-corrected chi connectivity index (χ3v) is 3.52. The highest BCUT2D eigenvalue weighted by atomic mass is 16.1. The Balaban J connectivity index is 1.79. The molecule has 0 radical (unpaired) electrons. The van der Waals surface area contributed by atoms with Crippen LogP contribution in [-0.2, 0) is 7.05 Å². The van der Waals surface area contributed by atoms with Crippen LogP contribution in [0.15, 0.2) is 73.2 Å². The number of allylic oxidation sites excluding steroid dienone is 3. The molecule has 0 aliphatic carbocycles. The molecule has 0 spiro atoms. The Bertz CT molecular complexity index is 858. The van der Waals surface area contributed by atoms with Crippen LogP contribution in [0.5, 0.6) is 0 Å². The number of nitrogens with zero attached hydrogens (tertiary/aromatic N) is 2. The molecule has 0 aliphatic rings. The molecular weight excluding hydrogens is 272 g/mol. The minimum absolute atomic E-state index is 0.0104. The van der Waals surface area contributed by atoms with E-state index in [4.69, 9.17) is 0 Å². The molecule has 22 heavy (non-hydrogen) atoms. The summed E-state index contributed by atoms with van der Waals surface area (Å²) in [6, 6.07) is 11.7. The lowest BCUT2D eigenvalue weighted by molar-refractivity contribution is 0.104. The lowest BCUT2D eigenvalue weighted by atomic mass is 10.1.